The van der Waals surface area contributed by atoms with Gasteiger partial charge in [-0.1, -0.05) is 36.2 Å². The van der Waals surface area contributed by atoms with Gasteiger partial charge in [-0.05, 0) is 36.4 Å². The normalized spacial score (nSPS) is 10.5. The van der Waals surface area contributed by atoms with Gasteiger partial charge >= 0.3 is 6.03 Å². The first-order chi connectivity index (χ1) is 13.9. The lowest BCUT2D eigenvalue weighted by molar-refractivity contribution is 0.101. The minimum Gasteiger partial charge on any atom is -0.341 e. The van der Waals surface area contributed by atoms with E-state index >= 15 is 0 Å². The maximum atomic E-state index is 12.6. The van der Waals surface area contributed by atoms with Gasteiger partial charge in [0.15, 0.2) is 0 Å². The highest BCUT2D eigenvalue weighted by Crippen LogP contribution is 2.28. The van der Waals surface area contributed by atoms with Crippen LogP contribution < -0.4 is 16.0 Å². The number of carbonyl (C=O) groups excluding carboxylic acids is 2. The van der Waals surface area contributed by atoms with Crippen molar-refractivity contribution in [3.8, 4) is 5.69 Å². The van der Waals surface area contributed by atoms with Crippen LogP contribution in [-0.4, -0.2) is 33.8 Å². The summed E-state index contributed by atoms with van der Waals surface area (Å²) in [4.78, 5) is 28.2. The molecule has 0 radical (unpaired) electrons. The third-order valence-corrected chi connectivity index (χ3v) is 4.58. The number of anilines is 2. The second kappa shape index (κ2) is 8.93. The lowest BCUT2D eigenvalue weighted by Gasteiger charge is -2.08. The van der Waals surface area contributed by atoms with E-state index in [-0.39, 0.29) is 11.9 Å². The quantitative estimate of drug-likeness (QED) is 0.563. The van der Waals surface area contributed by atoms with Crippen molar-refractivity contribution in [1.82, 2.24) is 20.1 Å². The topological polar surface area (TPSA) is 101 Å². The number of nitrogens with zero attached hydrogens (tertiary/aromatic N) is 3. The predicted octanol–water partition coefficient (Wildman–Crippen LogP) is 4.14. The van der Waals surface area contributed by atoms with Gasteiger partial charge in [0.2, 0.25) is 5.82 Å². The van der Waals surface area contributed by atoms with Crippen LogP contribution in [0.4, 0.5) is 16.2 Å². The Hall–Kier alpha value is -3.10. The van der Waals surface area contributed by atoms with Crippen LogP contribution in [0.25, 0.3) is 5.69 Å². The summed E-state index contributed by atoms with van der Waals surface area (Å²) in [6.07, 6.45) is 0.529. The summed E-state index contributed by atoms with van der Waals surface area (Å²) in [6, 6.07) is 11.4. The van der Waals surface area contributed by atoms with Crippen LogP contribution in [0.5, 0.6) is 0 Å². The molecule has 0 fully saturated rings. The Morgan fingerprint density at radius 3 is 2.14 bits per heavy atom. The average Bonchev–Trinajstić information content (AvgIpc) is 3.13. The molecule has 1 aromatic heterocycles. The SMILES string of the molecule is CCc1nc(C(=O)Nc2ccc(NC(=O)NC)cc2)nn1-c1c(Cl)cccc1Cl. The molecule has 8 nitrogen and oxygen atoms in total. The Labute approximate surface area is 177 Å². The summed E-state index contributed by atoms with van der Waals surface area (Å²) in [5.74, 6) is 0.0642. The smallest absolute Gasteiger partial charge is 0.318 e. The molecule has 0 atom stereocenters. The Bertz CT molecular complexity index is 1030. The lowest BCUT2D eigenvalue weighted by Crippen LogP contribution is -2.24. The number of amides is 3. The number of aryl methyl sites for hydroxylation is 1. The standard InChI is InChI=1S/C19H18Cl2N6O2/c1-3-15-25-17(26-27(15)16-13(20)5-4-6-14(16)21)18(28)23-11-7-9-12(10-8-11)24-19(29)22-2/h4-10H,3H2,1-2H3,(H,23,28)(H2,22,24,29). The number of benzene rings is 2. The summed E-state index contributed by atoms with van der Waals surface area (Å²) in [5, 5.41) is 12.9. The van der Waals surface area contributed by atoms with Gasteiger partial charge < -0.3 is 16.0 Å². The lowest BCUT2D eigenvalue weighted by atomic mass is 10.3. The molecule has 0 saturated carbocycles. The van der Waals surface area contributed by atoms with Crippen molar-refractivity contribution >= 4 is 46.5 Å². The van der Waals surface area contributed by atoms with Crippen LogP contribution in [0.3, 0.4) is 0 Å². The largest absolute Gasteiger partial charge is 0.341 e. The van der Waals surface area contributed by atoms with Crippen LogP contribution in [0.15, 0.2) is 42.5 Å². The molecular formula is C19H18Cl2N6O2. The molecule has 3 rings (SSSR count). The Balaban J connectivity index is 1.82. The molecule has 0 aliphatic rings. The van der Waals surface area contributed by atoms with Gasteiger partial charge in [-0.15, -0.1) is 5.10 Å². The van der Waals surface area contributed by atoms with Crippen LogP contribution in [-0.2, 0) is 6.42 Å². The number of rotatable bonds is 5. The van der Waals surface area contributed by atoms with E-state index < -0.39 is 5.91 Å². The predicted molar refractivity (Wildman–Crippen MR) is 113 cm³/mol. The number of hydrogen-bond donors (Lipinski definition) is 3. The molecule has 1 heterocycles. The molecule has 0 aliphatic heterocycles. The zero-order chi connectivity index (χ0) is 21.0. The van der Waals surface area contributed by atoms with E-state index in [0.29, 0.717) is 39.4 Å². The van der Waals surface area contributed by atoms with Crippen molar-refractivity contribution in [1.29, 1.82) is 0 Å². The summed E-state index contributed by atoms with van der Waals surface area (Å²) >= 11 is 12.5. The number of aromatic nitrogens is 3. The molecule has 0 unspecified atom stereocenters. The molecule has 10 heteroatoms. The van der Waals surface area contributed by atoms with E-state index in [1.165, 1.54) is 11.7 Å². The highest BCUT2D eigenvalue weighted by molar-refractivity contribution is 6.37. The average molecular weight is 433 g/mol. The maximum absolute atomic E-state index is 12.6. The minimum atomic E-state index is -0.478. The van der Waals surface area contributed by atoms with E-state index in [1.54, 1.807) is 42.5 Å². The van der Waals surface area contributed by atoms with Gasteiger partial charge in [0.25, 0.3) is 5.91 Å². The monoisotopic (exact) mass is 432 g/mol. The molecule has 150 valence electrons. The van der Waals surface area contributed by atoms with Gasteiger partial charge in [-0.3, -0.25) is 4.79 Å². The number of para-hydroxylation sites is 1. The fraction of sp³-hybridized carbons (Fsp3) is 0.158. The number of hydrogen-bond acceptors (Lipinski definition) is 4. The maximum Gasteiger partial charge on any atom is 0.318 e. The Kier molecular flexibility index (Phi) is 6.36. The number of nitrogens with one attached hydrogen (secondary N) is 3. The molecule has 3 amide bonds. The first-order valence-electron chi connectivity index (χ1n) is 8.73. The fourth-order valence-electron chi connectivity index (χ4n) is 2.56. The van der Waals surface area contributed by atoms with E-state index in [9.17, 15) is 9.59 Å². The second-order valence-electron chi connectivity index (χ2n) is 5.92. The van der Waals surface area contributed by atoms with E-state index in [0.717, 1.165) is 0 Å². The van der Waals surface area contributed by atoms with Gasteiger partial charge in [-0.25, -0.2) is 14.5 Å². The minimum absolute atomic E-state index is 0.00889. The highest BCUT2D eigenvalue weighted by Gasteiger charge is 2.19. The number of urea groups is 1. The third kappa shape index (κ3) is 4.67. The van der Waals surface area contributed by atoms with E-state index in [4.69, 9.17) is 23.2 Å². The van der Waals surface area contributed by atoms with Crippen molar-refractivity contribution in [3.05, 3.63) is 64.2 Å². The van der Waals surface area contributed by atoms with Crippen LogP contribution >= 0.6 is 23.2 Å². The molecule has 3 N–H and O–H groups in total. The van der Waals surface area contributed by atoms with Crippen molar-refractivity contribution in [3.63, 3.8) is 0 Å². The first-order valence-corrected chi connectivity index (χ1v) is 9.49. The molecule has 29 heavy (non-hydrogen) atoms. The zero-order valence-corrected chi connectivity index (χ0v) is 17.2. The van der Waals surface area contributed by atoms with Gasteiger partial charge in [0.1, 0.15) is 11.5 Å². The fourth-order valence-corrected chi connectivity index (χ4v) is 3.11. The van der Waals surface area contributed by atoms with E-state index in [2.05, 4.69) is 26.0 Å². The van der Waals surface area contributed by atoms with Gasteiger partial charge in [-0.2, -0.15) is 0 Å². The number of carbonyl (C=O) groups is 2. The molecule has 0 spiro atoms. The molecule has 0 aliphatic carbocycles. The van der Waals surface area contributed by atoms with Crippen LogP contribution in [0, 0.1) is 0 Å². The molecule has 3 aromatic rings. The van der Waals surface area contributed by atoms with Crippen molar-refractivity contribution in [2.45, 2.75) is 13.3 Å². The highest BCUT2D eigenvalue weighted by atomic mass is 35.5. The van der Waals surface area contributed by atoms with Crippen molar-refractivity contribution in [2.75, 3.05) is 17.7 Å². The Morgan fingerprint density at radius 1 is 1.00 bits per heavy atom. The van der Waals surface area contributed by atoms with Gasteiger partial charge in [0, 0.05) is 24.8 Å². The molecule has 0 saturated heterocycles. The van der Waals surface area contributed by atoms with Crippen LogP contribution in [0.1, 0.15) is 23.4 Å². The summed E-state index contributed by atoms with van der Waals surface area (Å²) in [6.45, 7) is 1.89. The Morgan fingerprint density at radius 2 is 1.59 bits per heavy atom. The van der Waals surface area contributed by atoms with E-state index in [1.807, 2.05) is 6.92 Å². The molecular weight excluding hydrogens is 415 g/mol. The molecule has 2 aromatic carbocycles. The van der Waals surface area contributed by atoms with Crippen LogP contribution in [0.2, 0.25) is 10.0 Å². The summed E-state index contributed by atoms with van der Waals surface area (Å²) < 4.78 is 1.48. The summed E-state index contributed by atoms with van der Waals surface area (Å²) in [7, 11) is 1.52. The number of halogens is 2. The van der Waals surface area contributed by atoms with Crippen molar-refractivity contribution < 1.29 is 9.59 Å². The second-order valence-corrected chi connectivity index (χ2v) is 6.74. The summed E-state index contributed by atoms with van der Waals surface area (Å²) in [5.41, 5.74) is 1.60. The third-order valence-electron chi connectivity index (χ3n) is 3.97. The van der Waals surface area contributed by atoms with Crippen molar-refractivity contribution in [2.24, 2.45) is 0 Å². The molecule has 0 bridgehead atoms. The van der Waals surface area contributed by atoms with Gasteiger partial charge in [0.05, 0.1) is 10.0 Å². The first kappa shape index (κ1) is 20.6. The zero-order valence-electron chi connectivity index (χ0n) is 15.7.